The van der Waals surface area contributed by atoms with Gasteiger partial charge in [0.05, 0.1) is 12.5 Å². The summed E-state index contributed by atoms with van der Waals surface area (Å²) in [5.74, 6) is 0.258. The predicted octanol–water partition coefficient (Wildman–Crippen LogP) is 2.20. The van der Waals surface area contributed by atoms with Crippen molar-refractivity contribution >= 4 is 17.2 Å². The van der Waals surface area contributed by atoms with E-state index in [-0.39, 0.29) is 12.0 Å². The molecule has 3 nitrogen and oxygen atoms in total. The van der Waals surface area contributed by atoms with Crippen LogP contribution in [-0.2, 0) is 22.5 Å². The van der Waals surface area contributed by atoms with Gasteiger partial charge in [-0.2, -0.15) is 0 Å². The highest BCUT2D eigenvalue weighted by atomic mass is 32.1. The first-order valence-corrected chi connectivity index (χ1v) is 7.15. The fraction of sp³-hybridized carbons (Fsp3) is 0.615. The molecule has 4 heteroatoms. The van der Waals surface area contributed by atoms with Gasteiger partial charge in [-0.05, 0) is 36.3 Å². The minimum Gasteiger partial charge on any atom is -0.378 e. The number of nitrogens with zero attached hydrogens (tertiary/aromatic N) is 1. The van der Waals surface area contributed by atoms with Gasteiger partial charge >= 0.3 is 0 Å². The molecule has 2 aliphatic heterocycles. The lowest BCUT2D eigenvalue weighted by Crippen LogP contribution is -2.36. The smallest absolute Gasteiger partial charge is 0.225 e. The van der Waals surface area contributed by atoms with Crippen molar-refractivity contribution in [3.05, 3.63) is 21.9 Å². The summed E-state index contributed by atoms with van der Waals surface area (Å²) >= 11 is 1.81. The van der Waals surface area contributed by atoms with Gasteiger partial charge in [0.25, 0.3) is 0 Å². The van der Waals surface area contributed by atoms with E-state index in [4.69, 9.17) is 4.74 Å². The lowest BCUT2D eigenvalue weighted by Gasteiger charge is -2.27. The summed E-state index contributed by atoms with van der Waals surface area (Å²) in [6.07, 6.45) is 3.91. The topological polar surface area (TPSA) is 29.5 Å². The largest absolute Gasteiger partial charge is 0.378 e. The van der Waals surface area contributed by atoms with Crippen LogP contribution in [0.25, 0.3) is 0 Å². The van der Waals surface area contributed by atoms with Gasteiger partial charge in [-0.1, -0.05) is 0 Å². The second-order valence-corrected chi connectivity index (χ2v) is 5.77. The Morgan fingerprint density at radius 3 is 3.35 bits per heavy atom. The number of fused-ring (bicyclic) bond motifs is 1. The Hall–Kier alpha value is -0.870. The second-order valence-electron chi connectivity index (χ2n) is 4.77. The van der Waals surface area contributed by atoms with Gasteiger partial charge in [0.15, 0.2) is 0 Å². The maximum absolute atomic E-state index is 12.1. The highest BCUT2D eigenvalue weighted by Crippen LogP contribution is 2.25. The highest BCUT2D eigenvalue weighted by molar-refractivity contribution is 7.10. The molecule has 1 atom stereocenters. The van der Waals surface area contributed by atoms with Crippen LogP contribution in [0.4, 0.5) is 0 Å². The van der Waals surface area contributed by atoms with Crippen LogP contribution in [0.3, 0.4) is 0 Å². The molecule has 3 rings (SSSR count). The van der Waals surface area contributed by atoms with Crippen LogP contribution in [0, 0.1) is 0 Å². The highest BCUT2D eigenvalue weighted by Gasteiger charge is 2.25. The van der Waals surface area contributed by atoms with Crippen molar-refractivity contribution in [2.45, 2.75) is 38.3 Å². The molecule has 1 amide bonds. The van der Waals surface area contributed by atoms with Crippen LogP contribution in [0.1, 0.15) is 29.7 Å². The number of ether oxygens (including phenoxy) is 1. The van der Waals surface area contributed by atoms with Gasteiger partial charge in [-0.25, -0.2) is 0 Å². The van der Waals surface area contributed by atoms with Crippen molar-refractivity contribution in [2.75, 3.05) is 13.2 Å². The molecule has 1 aromatic rings. The Morgan fingerprint density at radius 2 is 2.53 bits per heavy atom. The molecule has 92 valence electrons. The summed E-state index contributed by atoms with van der Waals surface area (Å²) in [5, 5.41) is 2.12. The van der Waals surface area contributed by atoms with E-state index < -0.39 is 0 Å². The SMILES string of the molecule is O=C(CC1CCCO1)N1CCc2sccc2C1. The van der Waals surface area contributed by atoms with Crippen molar-refractivity contribution in [1.29, 1.82) is 0 Å². The van der Waals surface area contributed by atoms with E-state index >= 15 is 0 Å². The van der Waals surface area contributed by atoms with Crippen LogP contribution in [-0.4, -0.2) is 30.1 Å². The predicted molar refractivity (Wildman–Crippen MR) is 67.0 cm³/mol. The number of thiophene rings is 1. The average Bonchev–Trinajstić information content (AvgIpc) is 2.97. The molecular formula is C13H17NO2S. The number of amides is 1. The quantitative estimate of drug-likeness (QED) is 0.806. The molecule has 1 aromatic heterocycles. The Balaban J connectivity index is 1.60. The third-order valence-corrected chi connectivity index (χ3v) is 4.61. The number of carbonyl (C=O) groups excluding carboxylic acids is 1. The van der Waals surface area contributed by atoms with E-state index in [0.717, 1.165) is 39.0 Å². The van der Waals surface area contributed by atoms with E-state index in [1.807, 2.05) is 16.2 Å². The van der Waals surface area contributed by atoms with Crippen molar-refractivity contribution in [3.8, 4) is 0 Å². The van der Waals surface area contributed by atoms with Crippen molar-refractivity contribution in [2.24, 2.45) is 0 Å². The molecule has 2 aliphatic rings. The minimum absolute atomic E-state index is 0.173. The summed E-state index contributed by atoms with van der Waals surface area (Å²) in [7, 11) is 0. The Kier molecular flexibility index (Phi) is 3.16. The minimum atomic E-state index is 0.173. The molecular weight excluding hydrogens is 234 g/mol. The van der Waals surface area contributed by atoms with Gasteiger partial charge in [0.1, 0.15) is 0 Å². The molecule has 0 bridgehead atoms. The zero-order valence-electron chi connectivity index (χ0n) is 9.85. The normalized spacial score (nSPS) is 23.8. The molecule has 0 aliphatic carbocycles. The van der Waals surface area contributed by atoms with Crippen LogP contribution in [0.2, 0.25) is 0 Å². The fourth-order valence-corrected chi connectivity index (χ4v) is 3.48. The number of hydrogen-bond acceptors (Lipinski definition) is 3. The molecule has 1 fully saturated rings. The molecule has 0 spiro atoms. The first kappa shape index (κ1) is 11.2. The van der Waals surface area contributed by atoms with E-state index in [1.54, 1.807) is 0 Å². The fourth-order valence-electron chi connectivity index (χ4n) is 2.59. The molecule has 0 saturated carbocycles. The lowest BCUT2D eigenvalue weighted by atomic mass is 10.1. The van der Waals surface area contributed by atoms with Crippen LogP contribution < -0.4 is 0 Å². The first-order chi connectivity index (χ1) is 8.33. The van der Waals surface area contributed by atoms with Crippen molar-refractivity contribution in [1.82, 2.24) is 4.90 Å². The molecule has 17 heavy (non-hydrogen) atoms. The van der Waals surface area contributed by atoms with E-state index in [9.17, 15) is 4.79 Å². The van der Waals surface area contributed by atoms with Crippen LogP contribution in [0.15, 0.2) is 11.4 Å². The standard InChI is InChI=1S/C13H17NO2S/c15-13(8-11-2-1-6-16-11)14-5-3-12-10(9-14)4-7-17-12/h4,7,11H,1-3,5-6,8-9H2. The number of hydrogen-bond donors (Lipinski definition) is 0. The summed E-state index contributed by atoms with van der Waals surface area (Å²) in [6.45, 7) is 2.50. The zero-order valence-corrected chi connectivity index (χ0v) is 10.7. The van der Waals surface area contributed by atoms with Crippen molar-refractivity contribution in [3.63, 3.8) is 0 Å². The summed E-state index contributed by atoms with van der Waals surface area (Å²) in [6, 6.07) is 2.14. The third kappa shape index (κ3) is 2.38. The maximum Gasteiger partial charge on any atom is 0.225 e. The monoisotopic (exact) mass is 251 g/mol. The molecule has 1 unspecified atom stereocenters. The summed E-state index contributed by atoms with van der Waals surface area (Å²) < 4.78 is 5.52. The molecule has 3 heterocycles. The van der Waals surface area contributed by atoms with Gasteiger partial charge in [-0.3, -0.25) is 4.79 Å². The van der Waals surface area contributed by atoms with E-state index in [1.165, 1.54) is 10.4 Å². The molecule has 0 radical (unpaired) electrons. The Morgan fingerprint density at radius 1 is 1.59 bits per heavy atom. The van der Waals surface area contributed by atoms with Gasteiger partial charge in [0.2, 0.25) is 5.91 Å². The molecule has 0 aromatic carbocycles. The summed E-state index contributed by atoms with van der Waals surface area (Å²) in [4.78, 5) is 15.6. The van der Waals surface area contributed by atoms with Crippen molar-refractivity contribution < 1.29 is 9.53 Å². The Bertz CT molecular complexity index is 409. The molecule has 0 N–H and O–H groups in total. The maximum atomic E-state index is 12.1. The van der Waals surface area contributed by atoms with Crippen LogP contribution in [0.5, 0.6) is 0 Å². The molecule has 1 saturated heterocycles. The van der Waals surface area contributed by atoms with Gasteiger partial charge < -0.3 is 9.64 Å². The lowest BCUT2D eigenvalue weighted by molar-refractivity contribution is -0.134. The van der Waals surface area contributed by atoms with Gasteiger partial charge in [0, 0.05) is 24.6 Å². The van der Waals surface area contributed by atoms with Crippen LogP contribution >= 0.6 is 11.3 Å². The second kappa shape index (κ2) is 4.78. The van der Waals surface area contributed by atoms with Gasteiger partial charge in [-0.15, -0.1) is 11.3 Å². The first-order valence-electron chi connectivity index (χ1n) is 6.27. The zero-order chi connectivity index (χ0) is 11.7. The summed E-state index contributed by atoms with van der Waals surface area (Å²) in [5.41, 5.74) is 1.34. The number of rotatable bonds is 2. The van der Waals surface area contributed by atoms with E-state index in [2.05, 4.69) is 11.4 Å². The third-order valence-electron chi connectivity index (χ3n) is 3.59. The number of carbonyl (C=O) groups is 1. The average molecular weight is 251 g/mol. The Labute approximate surface area is 105 Å². The van der Waals surface area contributed by atoms with E-state index in [0.29, 0.717) is 6.42 Å².